The Kier molecular flexibility index (Phi) is 7.08. The molecule has 0 saturated heterocycles. The van der Waals surface area contributed by atoms with E-state index in [2.05, 4.69) is 20.5 Å². The summed E-state index contributed by atoms with van der Waals surface area (Å²) in [6, 6.07) is 6.65. The maximum atomic E-state index is 12.1. The number of carbonyl (C=O) groups is 2. The molecular formula is C20H26N4O3S. The molecule has 0 atom stereocenters. The van der Waals surface area contributed by atoms with E-state index in [-0.39, 0.29) is 23.7 Å². The van der Waals surface area contributed by atoms with Gasteiger partial charge < -0.3 is 10.1 Å². The standard InChI is InChI=1S/C20H26N4O3S/c1-13(2)27-19(26)15-7-9-16(10-8-15)21-18(25)12-28-20-22-17(23-24-20)11-14-5-3-4-6-14/h7-10,13-14H,3-6,11-12H2,1-2H3,(H,21,25)(H,22,23,24). The number of amides is 1. The number of thioether (sulfide) groups is 1. The van der Waals surface area contributed by atoms with Gasteiger partial charge in [0.2, 0.25) is 11.1 Å². The summed E-state index contributed by atoms with van der Waals surface area (Å²) >= 11 is 1.30. The zero-order chi connectivity index (χ0) is 19.9. The molecule has 3 rings (SSSR count). The van der Waals surface area contributed by atoms with Crippen molar-refractivity contribution in [1.82, 2.24) is 15.2 Å². The van der Waals surface area contributed by atoms with Crippen molar-refractivity contribution < 1.29 is 14.3 Å². The van der Waals surface area contributed by atoms with Crippen LogP contribution in [-0.2, 0) is 16.0 Å². The second kappa shape index (κ2) is 9.73. The van der Waals surface area contributed by atoms with E-state index in [9.17, 15) is 9.59 Å². The molecule has 2 N–H and O–H groups in total. The number of hydrogen-bond acceptors (Lipinski definition) is 6. The minimum atomic E-state index is -0.374. The molecule has 1 aliphatic carbocycles. The zero-order valence-corrected chi connectivity index (χ0v) is 17.1. The van der Waals surface area contributed by atoms with Crippen LogP contribution < -0.4 is 5.32 Å². The Bertz CT molecular complexity index is 798. The van der Waals surface area contributed by atoms with Crippen molar-refractivity contribution in [2.24, 2.45) is 5.92 Å². The number of carbonyl (C=O) groups excluding carboxylic acids is 2. The van der Waals surface area contributed by atoms with Crippen molar-refractivity contribution in [1.29, 1.82) is 0 Å². The Hall–Kier alpha value is -2.35. The summed E-state index contributed by atoms with van der Waals surface area (Å²) in [6.07, 6.45) is 5.91. The van der Waals surface area contributed by atoms with E-state index >= 15 is 0 Å². The lowest BCUT2D eigenvalue weighted by atomic mass is 10.0. The van der Waals surface area contributed by atoms with Crippen LogP contribution in [0.1, 0.15) is 55.7 Å². The number of benzene rings is 1. The number of hydrogen-bond donors (Lipinski definition) is 2. The predicted octanol–water partition coefficient (Wildman–Crippen LogP) is 3.83. The average Bonchev–Trinajstić information content (AvgIpc) is 3.32. The number of aromatic nitrogens is 3. The van der Waals surface area contributed by atoms with Gasteiger partial charge in [-0.25, -0.2) is 9.78 Å². The molecule has 0 spiro atoms. The van der Waals surface area contributed by atoms with Crippen molar-refractivity contribution >= 4 is 29.3 Å². The first-order valence-corrected chi connectivity index (χ1v) is 10.6. The van der Waals surface area contributed by atoms with Gasteiger partial charge in [-0.1, -0.05) is 37.4 Å². The molecule has 1 aromatic carbocycles. The van der Waals surface area contributed by atoms with E-state index < -0.39 is 0 Å². The monoisotopic (exact) mass is 402 g/mol. The molecule has 1 saturated carbocycles. The number of nitrogens with zero attached hydrogens (tertiary/aromatic N) is 2. The highest BCUT2D eigenvalue weighted by Crippen LogP contribution is 2.27. The third kappa shape index (κ3) is 6.09. The van der Waals surface area contributed by atoms with Gasteiger partial charge in [0.15, 0.2) is 0 Å². The molecule has 0 bridgehead atoms. The van der Waals surface area contributed by atoms with Crippen LogP contribution in [0.4, 0.5) is 5.69 Å². The highest BCUT2D eigenvalue weighted by Gasteiger charge is 2.17. The Morgan fingerprint density at radius 3 is 2.64 bits per heavy atom. The van der Waals surface area contributed by atoms with Crippen LogP contribution in [0.25, 0.3) is 0 Å². The Balaban J connectivity index is 1.44. The lowest BCUT2D eigenvalue weighted by Gasteiger charge is -2.08. The summed E-state index contributed by atoms with van der Waals surface area (Å²) in [5.41, 5.74) is 1.08. The maximum absolute atomic E-state index is 12.1. The summed E-state index contributed by atoms with van der Waals surface area (Å²) in [7, 11) is 0. The Morgan fingerprint density at radius 1 is 1.25 bits per heavy atom. The number of rotatable bonds is 8. The normalized spacial score (nSPS) is 14.4. The van der Waals surface area contributed by atoms with Crippen LogP contribution in [0.3, 0.4) is 0 Å². The Labute approximate surface area is 169 Å². The average molecular weight is 403 g/mol. The quantitative estimate of drug-likeness (QED) is 0.514. The predicted molar refractivity (Wildman–Crippen MR) is 108 cm³/mol. The first-order valence-electron chi connectivity index (χ1n) is 9.64. The molecule has 1 aromatic heterocycles. The van der Waals surface area contributed by atoms with Crippen LogP contribution in [-0.4, -0.2) is 38.9 Å². The van der Waals surface area contributed by atoms with Gasteiger partial charge in [-0.2, -0.15) is 0 Å². The van der Waals surface area contributed by atoms with E-state index in [4.69, 9.17) is 4.74 Å². The lowest BCUT2D eigenvalue weighted by Crippen LogP contribution is -2.15. The smallest absolute Gasteiger partial charge is 0.338 e. The van der Waals surface area contributed by atoms with Gasteiger partial charge >= 0.3 is 5.97 Å². The fourth-order valence-corrected chi connectivity index (χ4v) is 3.84. The molecule has 1 aliphatic rings. The molecule has 1 fully saturated rings. The zero-order valence-electron chi connectivity index (χ0n) is 16.2. The summed E-state index contributed by atoms with van der Waals surface area (Å²) in [4.78, 5) is 28.4. The van der Waals surface area contributed by atoms with Gasteiger partial charge in [0.1, 0.15) is 5.82 Å². The van der Waals surface area contributed by atoms with E-state index in [0.29, 0.717) is 22.3 Å². The van der Waals surface area contributed by atoms with E-state index in [1.807, 2.05) is 0 Å². The Morgan fingerprint density at radius 2 is 1.96 bits per heavy atom. The first-order chi connectivity index (χ1) is 13.5. The number of nitrogens with one attached hydrogen (secondary N) is 2. The van der Waals surface area contributed by atoms with Crippen molar-refractivity contribution in [3.05, 3.63) is 35.7 Å². The molecule has 0 unspecified atom stereocenters. The number of H-pyrrole nitrogens is 1. The van der Waals surface area contributed by atoms with Crippen LogP contribution in [0.5, 0.6) is 0 Å². The largest absolute Gasteiger partial charge is 0.459 e. The second-order valence-corrected chi connectivity index (χ2v) is 8.23. The summed E-state index contributed by atoms with van der Waals surface area (Å²) in [5, 5.41) is 10.6. The van der Waals surface area contributed by atoms with Crippen molar-refractivity contribution in [2.45, 2.75) is 57.2 Å². The highest BCUT2D eigenvalue weighted by atomic mass is 32.2. The van der Waals surface area contributed by atoms with Gasteiger partial charge in [-0.05, 0) is 44.0 Å². The fraction of sp³-hybridized carbons (Fsp3) is 0.500. The van der Waals surface area contributed by atoms with E-state index in [1.165, 1.54) is 37.4 Å². The number of anilines is 1. The first kappa shape index (κ1) is 20.4. The minimum Gasteiger partial charge on any atom is -0.459 e. The topological polar surface area (TPSA) is 97.0 Å². The van der Waals surface area contributed by atoms with Crippen LogP contribution in [0.2, 0.25) is 0 Å². The molecule has 1 heterocycles. The SMILES string of the molecule is CC(C)OC(=O)c1ccc(NC(=O)CSc2n[nH]c(CC3CCCC3)n2)cc1. The van der Waals surface area contributed by atoms with Crippen LogP contribution in [0, 0.1) is 5.92 Å². The van der Waals surface area contributed by atoms with Crippen molar-refractivity contribution in [2.75, 3.05) is 11.1 Å². The molecule has 2 aromatic rings. The molecular weight excluding hydrogens is 376 g/mol. The van der Waals surface area contributed by atoms with Crippen molar-refractivity contribution in [3.63, 3.8) is 0 Å². The number of esters is 1. The minimum absolute atomic E-state index is 0.148. The highest BCUT2D eigenvalue weighted by molar-refractivity contribution is 7.99. The molecule has 150 valence electrons. The van der Waals surface area contributed by atoms with Crippen molar-refractivity contribution in [3.8, 4) is 0 Å². The molecule has 28 heavy (non-hydrogen) atoms. The second-order valence-electron chi connectivity index (χ2n) is 7.29. The number of ether oxygens (including phenoxy) is 1. The van der Waals surface area contributed by atoms with Gasteiger partial charge in [0.25, 0.3) is 0 Å². The van der Waals surface area contributed by atoms with Gasteiger partial charge in [-0.15, -0.1) is 5.10 Å². The summed E-state index contributed by atoms with van der Waals surface area (Å²) in [5.74, 6) is 1.30. The molecule has 8 heteroatoms. The lowest BCUT2D eigenvalue weighted by molar-refractivity contribution is -0.113. The van der Waals surface area contributed by atoms with E-state index in [0.717, 1.165) is 12.2 Å². The number of aromatic amines is 1. The third-order valence-corrected chi connectivity index (χ3v) is 5.39. The van der Waals surface area contributed by atoms with Gasteiger partial charge in [0.05, 0.1) is 17.4 Å². The van der Waals surface area contributed by atoms with Gasteiger partial charge in [0, 0.05) is 12.1 Å². The molecule has 0 aliphatic heterocycles. The molecule has 0 radical (unpaired) electrons. The van der Waals surface area contributed by atoms with E-state index in [1.54, 1.807) is 38.1 Å². The van der Waals surface area contributed by atoms with Crippen LogP contribution >= 0.6 is 11.8 Å². The van der Waals surface area contributed by atoms with Gasteiger partial charge in [-0.3, -0.25) is 9.89 Å². The molecule has 7 nitrogen and oxygen atoms in total. The fourth-order valence-electron chi connectivity index (χ4n) is 3.22. The third-order valence-electron chi connectivity index (χ3n) is 4.55. The van der Waals surface area contributed by atoms with Crippen LogP contribution in [0.15, 0.2) is 29.4 Å². The summed E-state index contributed by atoms with van der Waals surface area (Å²) < 4.78 is 5.14. The maximum Gasteiger partial charge on any atom is 0.338 e. The molecule has 1 amide bonds. The summed E-state index contributed by atoms with van der Waals surface area (Å²) in [6.45, 7) is 3.60.